The molecule has 234 valence electrons. The Morgan fingerprint density at radius 1 is 1.05 bits per heavy atom. The van der Waals surface area contributed by atoms with Gasteiger partial charge in [0, 0.05) is 56.4 Å². The minimum Gasteiger partial charge on any atom is -0.493 e. The first-order valence-corrected chi connectivity index (χ1v) is 15.5. The summed E-state index contributed by atoms with van der Waals surface area (Å²) >= 11 is 1.34. The van der Waals surface area contributed by atoms with Gasteiger partial charge in [-0.15, -0.1) is 0 Å². The summed E-state index contributed by atoms with van der Waals surface area (Å²) in [5, 5.41) is 9.97. The zero-order valence-electron chi connectivity index (χ0n) is 25.2. The molecule has 0 aliphatic carbocycles. The molecule has 13 nitrogen and oxygen atoms in total. The zero-order valence-corrected chi connectivity index (χ0v) is 26.0. The molecule has 0 spiro atoms. The number of nitrogens with one attached hydrogen (secondary N) is 3. The summed E-state index contributed by atoms with van der Waals surface area (Å²) in [5.41, 5.74) is 2.28. The van der Waals surface area contributed by atoms with Gasteiger partial charge in [0.2, 0.25) is 0 Å². The third-order valence-electron chi connectivity index (χ3n) is 7.18. The molecule has 4 aromatic rings. The Kier molecular flexibility index (Phi) is 10.6. The van der Waals surface area contributed by atoms with Crippen LogP contribution in [0.5, 0.6) is 11.5 Å². The van der Waals surface area contributed by atoms with Crippen LogP contribution in [0.2, 0.25) is 0 Å². The molecular formula is C30H38N8O5S. The van der Waals surface area contributed by atoms with Crippen LogP contribution in [-0.4, -0.2) is 103 Å². The molecule has 3 heterocycles. The lowest BCUT2D eigenvalue weighted by atomic mass is 10.2. The summed E-state index contributed by atoms with van der Waals surface area (Å²) in [6.07, 6.45) is 2.55. The van der Waals surface area contributed by atoms with Crippen molar-refractivity contribution in [2.75, 3.05) is 77.3 Å². The number of carbonyl (C=O) groups is 2. The molecule has 5 rings (SSSR count). The molecule has 1 aliphatic rings. The molecule has 0 saturated carbocycles. The third-order valence-corrected chi connectivity index (χ3v) is 8.12. The van der Waals surface area contributed by atoms with Gasteiger partial charge in [0.25, 0.3) is 0 Å². The summed E-state index contributed by atoms with van der Waals surface area (Å²) < 4.78 is 17.5. The summed E-state index contributed by atoms with van der Waals surface area (Å²) in [6, 6.07) is 9.05. The number of aromatic nitrogens is 3. The fraction of sp³-hybridized carbons (Fsp3) is 0.433. The van der Waals surface area contributed by atoms with Crippen LogP contribution in [0.15, 0.2) is 36.7 Å². The van der Waals surface area contributed by atoms with Gasteiger partial charge in [-0.05, 0) is 44.7 Å². The van der Waals surface area contributed by atoms with Crippen molar-refractivity contribution in [2.45, 2.75) is 19.8 Å². The molecule has 14 heteroatoms. The normalized spacial score (nSPS) is 14.0. The minimum absolute atomic E-state index is 0.102. The molecule has 0 unspecified atom stereocenters. The van der Waals surface area contributed by atoms with E-state index in [4.69, 9.17) is 14.2 Å². The second-order valence-electron chi connectivity index (χ2n) is 10.4. The van der Waals surface area contributed by atoms with Crippen molar-refractivity contribution in [2.24, 2.45) is 0 Å². The molecule has 0 radical (unpaired) electrons. The third kappa shape index (κ3) is 8.21. The Bertz CT molecular complexity index is 1590. The predicted molar refractivity (Wildman–Crippen MR) is 171 cm³/mol. The molecule has 2 aromatic carbocycles. The first kappa shape index (κ1) is 31.2. The summed E-state index contributed by atoms with van der Waals surface area (Å²) in [4.78, 5) is 41.9. The maximum atomic E-state index is 12.2. The molecule has 1 fully saturated rings. The first-order chi connectivity index (χ1) is 21.4. The van der Waals surface area contributed by atoms with E-state index < -0.39 is 6.03 Å². The predicted octanol–water partition coefficient (Wildman–Crippen LogP) is 4.08. The van der Waals surface area contributed by atoms with Crippen LogP contribution in [0, 0.1) is 0 Å². The van der Waals surface area contributed by atoms with E-state index in [1.807, 2.05) is 30.3 Å². The number of anilines is 3. The van der Waals surface area contributed by atoms with Gasteiger partial charge in [-0.3, -0.25) is 10.1 Å². The fourth-order valence-electron chi connectivity index (χ4n) is 4.82. The number of esters is 1. The molecule has 2 amide bonds. The highest BCUT2D eigenvalue weighted by atomic mass is 32.1. The number of amides is 2. The molecular weight excluding hydrogens is 584 g/mol. The van der Waals surface area contributed by atoms with E-state index in [9.17, 15) is 9.59 Å². The van der Waals surface area contributed by atoms with Crippen LogP contribution in [0.25, 0.3) is 21.1 Å². The molecule has 1 aliphatic heterocycles. The quantitative estimate of drug-likeness (QED) is 0.147. The number of hydrogen-bond donors (Lipinski definition) is 3. The number of nitrogens with zero attached hydrogens (tertiary/aromatic N) is 5. The Balaban J connectivity index is 1.21. The summed E-state index contributed by atoms with van der Waals surface area (Å²) in [7, 11) is 3.79. The van der Waals surface area contributed by atoms with E-state index in [-0.39, 0.29) is 18.9 Å². The number of fused-ring (bicyclic) bond motifs is 2. The second-order valence-corrected chi connectivity index (χ2v) is 11.4. The van der Waals surface area contributed by atoms with Crippen molar-refractivity contribution >= 4 is 61.1 Å². The van der Waals surface area contributed by atoms with Crippen LogP contribution < -0.4 is 25.4 Å². The lowest BCUT2D eigenvalue weighted by molar-refractivity contribution is -0.142. The van der Waals surface area contributed by atoms with Gasteiger partial charge in [0.1, 0.15) is 12.1 Å². The van der Waals surface area contributed by atoms with Gasteiger partial charge < -0.3 is 34.6 Å². The summed E-state index contributed by atoms with van der Waals surface area (Å²) in [5.74, 6) is 1.53. The minimum atomic E-state index is -0.438. The maximum Gasteiger partial charge on any atom is 0.321 e. The largest absolute Gasteiger partial charge is 0.493 e. The molecule has 44 heavy (non-hydrogen) atoms. The standard InChI is InChI=1S/C30H38N8O5S/c1-4-42-27(39)8-9-31-29(40)36-30-35-22-7-6-20(16-26(22)44-30)34-28-21-17-24(41-3)25(18-23(21)32-19-33-28)43-15-5-10-38-13-11-37(2)12-14-38/h6-7,16-19H,4-5,8-15H2,1-3H3,(H,32,33,34)(H2,31,35,36,40). The van der Waals surface area contributed by atoms with Crippen molar-refractivity contribution in [3.05, 3.63) is 36.7 Å². The van der Waals surface area contributed by atoms with Gasteiger partial charge in [0.05, 0.1) is 42.5 Å². The molecule has 2 aromatic heterocycles. The van der Waals surface area contributed by atoms with Gasteiger partial charge in [-0.2, -0.15) is 0 Å². The van der Waals surface area contributed by atoms with Crippen molar-refractivity contribution in [3.63, 3.8) is 0 Å². The Labute approximate surface area is 259 Å². The monoisotopic (exact) mass is 622 g/mol. The molecule has 0 atom stereocenters. The maximum absolute atomic E-state index is 12.2. The summed E-state index contributed by atoms with van der Waals surface area (Å²) in [6.45, 7) is 8.20. The van der Waals surface area contributed by atoms with E-state index in [0.29, 0.717) is 35.7 Å². The number of ether oxygens (including phenoxy) is 3. The smallest absolute Gasteiger partial charge is 0.321 e. The van der Waals surface area contributed by atoms with Gasteiger partial charge in [0.15, 0.2) is 16.6 Å². The number of rotatable bonds is 13. The highest BCUT2D eigenvalue weighted by Crippen LogP contribution is 2.35. The number of likely N-dealkylation sites (N-methyl/N-ethyl adjacent to an activating group) is 1. The number of piperazine rings is 1. The Morgan fingerprint density at radius 3 is 2.68 bits per heavy atom. The second kappa shape index (κ2) is 14.9. The lowest BCUT2D eigenvalue weighted by Gasteiger charge is -2.32. The van der Waals surface area contributed by atoms with E-state index in [1.165, 1.54) is 17.7 Å². The Hall–Kier alpha value is -4.27. The molecule has 0 bridgehead atoms. The van der Waals surface area contributed by atoms with E-state index >= 15 is 0 Å². The van der Waals surface area contributed by atoms with Crippen molar-refractivity contribution in [3.8, 4) is 11.5 Å². The van der Waals surface area contributed by atoms with Gasteiger partial charge in [-0.1, -0.05) is 11.3 Å². The number of thiazole rings is 1. The number of benzene rings is 2. The van der Waals surface area contributed by atoms with Crippen LogP contribution in [0.1, 0.15) is 19.8 Å². The highest BCUT2D eigenvalue weighted by Gasteiger charge is 2.15. The van der Waals surface area contributed by atoms with Crippen molar-refractivity contribution < 1.29 is 23.8 Å². The van der Waals surface area contributed by atoms with E-state index in [2.05, 4.69) is 47.7 Å². The van der Waals surface area contributed by atoms with E-state index in [1.54, 1.807) is 14.0 Å². The number of hydrogen-bond acceptors (Lipinski definition) is 12. The van der Waals surface area contributed by atoms with E-state index in [0.717, 1.165) is 66.0 Å². The first-order valence-electron chi connectivity index (χ1n) is 14.7. The fourth-order valence-corrected chi connectivity index (χ4v) is 5.72. The number of carbonyl (C=O) groups excluding carboxylic acids is 2. The van der Waals surface area contributed by atoms with Crippen LogP contribution in [0.3, 0.4) is 0 Å². The van der Waals surface area contributed by atoms with Gasteiger partial charge >= 0.3 is 12.0 Å². The lowest BCUT2D eigenvalue weighted by Crippen LogP contribution is -2.44. The van der Waals surface area contributed by atoms with Crippen LogP contribution in [0.4, 0.5) is 21.4 Å². The zero-order chi connectivity index (χ0) is 30.9. The highest BCUT2D eigenvalue weighted by molar-refractivity contribution is 7.22. The van der Waals surface area contributed by atoms with Crippen molar-refractivity contribution in [1.29, 1.82) is 0 Å². The average molecular weight is 623 g/mol. The SMILES string of the molecule is CCOC(=O)CCNC(=O)Nc1nc2ccc(Nc3ncnc4cc(OCCCN5CCN(C)CC5)c(OC)cc34)cc2s1. The van der Waals surface area contributed by atoms with Crippen LogP contribution in [-0.2, 0) is 9.53 Å². The molecule has 1 saturated heterocycles. The van der Waals surface area contributed by atoms with Crippen LogP contribution >= 0.6 is 11.3 Å². The topological polar surface area (TPSA) is 143 Å². The van der Waals surface area contributed by atoms with Crippen molar-refractivity contribution in [1.82, 2.24) is 30.1 Å². The Morgan fingerprint density at radius 2 is 1.89 bits per heavy atom. The number of urea groups is 1. The van der Waals surface area contributed by atoms with Gasteiger partial charge in [-0.25, -0.2) is 19.7 Å². The average Bonchev–Trinajstić information content (AvgIpc) is 3.41. The number of methoxy groups -OCH3 is 1. The molecule has 3 N–H and O–H groups in total.